The Hall–Kier alpha value is -8.24. The van der Waals surface area contributed by atoms with Crippen LogP contribution in [0.15, 0.2) is 158 Å². The van der Waals surface area contributed by atoms with Gasteiger partial charge in [-0.05, 0) is 69.1 Å². The molecular weight excluding hydrogens is 753 g/mol. The summed E-state index contributed by atoms with van der Waals surface area (Å²) in [6, 6.07) is 50.5. The van der Waals surface area contributed by atoms with Crippen LogP contribution in [0.25, 0.3) is 83.0 Å². The molecule has 10 heteroatoms. The van der Waals surface area contributed by atoms with Crippen molar-refractivity contribution in [2.24, 2.45) is 0 Å². The van der Waals surface area contributed by atoms with Gasteiger partial charge >= 0.3 is 0 Å². The van der Waals surface area contributed by atoms with Crippen LogP contribution in [0, 0.1) is 0 Å². The van der Waals surface area contributed by atoms with Crippen molar-refractivity contribution in [3.05, 3.63) is 169 Å². The molecule has 10 nitrogen and oxygen atoms in total. The third kappa shape index (κ3) is 5.22. The van der Waals surface area contributed by atoms with Crippen molar-refractivity contribution in [3.8, 4) is 28.5 Å². The molecule has 0 unspecified atom stereocenters. The molecule has 0 amide bonds. The van der Waals surface area contributed by atoms with Gasteiger partial charge in [0.05, 0.1) is 22.4 Å². The van der Waals surface area contributed by atoms with Crippen molar-refractivity contribution in [1.29, 1.82) is 0 Å². The van der Waals surface area contributed by atoms with E-state index in [4.69, 9.17) is 41.4 Å². The average molecular weight is 789 g/mol. The summed E-state index contributed by atoms with van der Waals surface area (Å²) in [6.07, 6.45) is 3.36. The Morgan fingerprint density at radius 1 is 0.492 bits per heavy atom. The normalized spacial score (nSPS) is 13.3. The Balaban J connectivity index is 1.13. The third-order valence-corrected chi connectivity index (χ3v) is 12.3. The smallest absolute Gasteiger partial charge is 0.237 e. The van der Waals surface area contributed by atoms with Gasteiger partial charge < -0.3 is 11.5 Å². The molecule has 0 aliphatic carbocycles. The Morgan fingerprint density at radius 2 is 1.13 bits per heavy atom. The maximum Gasteiger partial charge on any atom is 0.237 e. The summed E-state index contributed by atoms with van der Waals surface area (Å²) < 4.78 is 2.13. The van der Waals surface area contributed by atoms with Gasteiger partial charge in [-0.3, -0.25) is 9.47 Å². The number of nitrogens with two attached hydrogens (primary N) is 2. The molecule has 0 fully saturated rings. The van der Waals surface area contributed by atoms with Crippen LogP contribution in [0.3, 0.4) is 0 Å². The van der Waals surface area contributed by atoms with Crippen LogP contribution in [0.5, 0.6) is 0 Å². The quantitative estimate of drug-likeness (QED) is 0.178. The molecule has 290 valence electrons. The number of nitrogens with zero attached hydrogens (tertiary/aromatic N) is 8. The maximum atomic E-state index is 6.72. The van der Waals surface area contributed by atoms with Gasteiger partial charge in [-0.2, -0.15) is 9.97 Å². The molecule has 7 aromatic carbocycles. The standard InChI is InChI=1S/C51H36N10/c1-51(2)37-16-8-10-18-40(37)61(49-56-44(43(52)47(53)58-49)33-21-19-29-11-3-5-13-31(29)25-33)42-28-41-36(27-38(42)51)35-15-7-9-17-39(35)60(41)50-57-45(46-48(59-50)55-24-23-54-46)34-22-20-30-12-4-6-14-32(30)26-34/h3-28H,52H2,1-2H3,(H2,53,56,58). The number of fused-ring (bicyclic) bond motifs is 8. The summed E-state index contributed by atoms with van der Waals surface area (Å²) >= 11 is 0. The number of hydrogen-bond donors (Lipinski definition) is 2. The first-order valence-electron chi connectivity index (χ1n) is 20.2. The minimum atomic E-state index is -0.404. The van der Waals surface area contributed by atoms with Gasteiger partial charge in [0, 0.05) is 39.7 Å². The van der Waals surface area contributed by atoms with Crippen molar-refractivity contribution in [2.75, 3.05) is 16.4 Å². The van der Waals surface area contributed by atoms with E-state index in [9.17, 15) is 0 Å². The van der Waals surface area contributed by atoms with Crippen molar-refractivity contribution in [2.45, 2.75) is 19.3 Å². The monoisotopic (exact) mass is 788 g/mol. The van der Waals surface area contributed by atoms with Crippen LogP contribution in [0.2, 0.25) is 0 Å². The van der Waals surface area contributed by atoms with Crippen molar-refractivity contribution >= 4 is 83.3 Å². The van der Waals surface area contributed by atoms with Gasteiger partial charge in [-0.15, -0.1) is 0 Å². The first-order chi connectivity index (χ1) is 29.8. The summed E-state index contributed by atoms with van der Waals surface area (Å²) in [6.45, 7) is 4.54. The molecule has 0 saturated heterocycles. The number of nitrogen functional groups attached to an aromatic ring is 2. The Labute approximate surface area is 349 Å². The predicted octanol–water partition coefficient (Wildman–Crippen LogP) is 11.2. The zero-order valence-electron chi connectivity index (χ0n) is 33.2. The van der Waals surface area contributed by atoms with Crippen LogP contribution in [-0.2, 0) is 5.41 Å². The minimum Gasteiger partial charge on any atom is -0.394 e. The van der Waals surface area contributed by atoms with E-state index in [1.807, 2.05) is 42.5 Å². The van der Waals surface area contributed by atoms with E-state index in [-0.39, 0.29) is 5.82 Å². The number of anilines is 5. The highest BCUT2D eigenvalue weighted by Gasteiger charge is 2.39. The fraction of sp³-hybridized carbons (Fsp3) is 0.0588. The molecule has 1 aliphatic rings. The second kappa shape index (κ2) is 12.9. The summed E-state index contributed by atoms with van der Waals surface area (Å²) in [5, 5.41) is 6.59. The fourth-order valence-corrected chi connectivity index (χ4v) is 9.21. The first kappa shape index (κ1) is 34.8. The Bertz CT molecular complexity index is 3630. The van der Waals surface area contributed by atoms with Gasteiger partial charge in [0.25, 0.3) is 0 Å². The van der Waals surface area contributed by atoms with E-state index in [1.54, 1.807) is 12.4 Å². The SMILES string of the molecule is CC1(C)c2ccccc2N(c2nc(N)c(N)c(-c3ccc4ccccc4c3)n2)c2cc3c(cc21)c1ccccc1n3-c1nc(-c2ccc3ccccc3c2)c2nccnc2n1. The van der Waals surface area contributed by atoms with Crippen molar-refractivity contribution in [1.82, 2.24) is 34.5 Å². The number of para-hydroxylation sites is 2. The molecule has 11 aromatic rings. The lowest BCUT2D eigenvalue weighted by Gasteiger charge is -2.41. The molecule has 61 heavy (non-hydrogen) atoms. The highest BCUT2D eigenvalue weighted by molar-refractivity contribution is 6.11. The molecule has 0 bridgehead atoms. The van der Waals surface area contributed by atoms with Crippen molar-refractivity contribution in [3.63, 3.8) is 0 Å². The number of benzene rings is 7. The fourth-order valence-electron chi connectivity index (χ4n) is 9.21. The van der Waals surface area contributed by atoms with Gasteiger partial charge in [0.1, 0.15) is 22.6 Å². The van der Waals surface area contributed by atoms with Crippen LogP contribution < -0.4 is 16.4 Å². The van der Waals surface area contributed by atoms with Crippen LogP contribution in [0.4, 0.5) is 28.8 Å². The molecule has 1 aliphatic heterocycles. The lowest BCUT2D eigenvalue weighted by Crippen LogP contribution is -2.31. The lowest BCUT2D eigenvalue weighted by atomic mass is 9.73. The molecule has 12 rings (SSSR count). The van der Waals surface area contributed by atoms with E-state index in [2.05, 4.69) is 126 Å². The topological polar surface area (TPSA) is 138 Å². The largest absolute Gasteiger partial charge is 0.394 e. The zero-order valence-corrected chi connectivity index (χ0v) is 33.2. The number of rotatable bonds is 4. The van der Waals surface area contributed by atoms with Gasteiger partial charge in [0.2, 0.25) is 11.9 Å². The van der Waals surface area contributed by atoms with E-state index >= 15 is 0 Å². The lowest BCUT2D eigenvalue weighted by molar-refractivity contribution is 0.631. The van der Waals surface area contributed by atoms with Crippen LogP contribution >= 0.6 is 0 Å². The van der Waals surface area contributed by atoms with Gasteiger partial charge in [-0.25, -0.2) is 19.9 Å². The molecule has 0 radical (unpaired) electrons. The van der Waals surface area contributed by atoms with E-state index in [0.29, 0.717) is 40.1 Å². The summed E-state index contributed by atoms with van der Waals surface area (Å²) in [5.41, 5.74) is 23.5. The Morgan fingerprint density at radius 3 is 1.90 bits per heavy atom. The molecule has 0 saturated carbocycles. The van der Waals surface area contributed by atoms with E-state index < -0.39 is 5.41 Å². The highest BCUT2D eigenvalue weighted by Crippen LogP contribution is 2.53. The van der Waals surface area contributed by atoms with Crippen LogP contribution in [-0.4, -0.2) is 34.5 Å². The average Bonchev–Trinajstić information content (AvgIpc) is 3.62. The molecule has 5 heterocycles. The first-order valence-corrected chi connectivity index (χ1v) is 20.2. The summed E-state index contributed by atoms with van der Waals surface area (Å²) in [4.78, 5) is 32.2. The maximum absolute atomic E-state index is 6.72. The highest BCUT2D eigenvalue weighted by atomic mass is 15.3. The molecule has 4 aromatic heterocycles. The third-order valence-electron chi connectivity index (χ3n) is 12.3. The predicted molar refractivity (Wildman–Crippen MR) is 247 cm³/mol. The molecule has 0 spiro atoms. The second-order valence-corrected chi connectivity index (χ2v) is 16.1. The molecule has 4 N–H and O–H groups in total. The van der Waals surface area contributed by atoms with E-state index in [1.165, 1.54) is 0 Å². The molecule has 0 atom stereocenters. The molecular formula is C51H36N10. The van der Waals surface area contributed by atoms with Gasteiger partial charge in [-0.1, -0.05) is 123 Å². The summed E-state index contributed by atoms with van der Waals surface area (Å²) in [7, 11) is 0. The second-order valence-electron chi connectivity index (χ2n) is 16.1. The van der Waals surface area contributed by atoms with Gasteiger partial charge in [0.15, 0.2) is 11.5 Å². The Kier molecular flexibility index (Phi) is 7.34. The number of aromatic nitrogens is 7. The minimum absolute atomic E-state index is 0.208. The summed E-state index contributed by atoms with van der Waals surface area (Å²) in [5.74, 6) is 1.10. The van der Waals surface area contributed by atoms with Crippen molar-refractivity contribution < 1.29 is 0 Å². The van der Waals surface area contributed by atoms with Crippen LogP contribution in [0.1, 0.15) is 25.0 Å². The number of hydrogen-bond acceptors (Lipinski definition) is 9. The zero-order chi connectivity index (χ0) is 41.0. The van der Waals surface area contributed by atoms with E-state index in [0.717, 1.165) is 77.0 Å².